The summed E-state index contributed by atoms with van der Waals surface area (Å²) in [5.41, 5.74) is 0.951. The molecule has 1 N–H and O–H groups in total. The summed E-state index contributed by atoms with van der Waals surface area (Å²) >= 11 is 0. The van der Waals surface area contributed by atoms with Crippen molar-refractivity contribution in [2.24, 2.45) is 5.92 Å². The Morgan fingerprint density at radius 1 is 1.38 bits per heavy atom. The highest BCUT2D eigenvalue weighted by Crippen LogP contribution is 2.29. The first-order valence-corrected chi connectivity index (χ1v) is 5.93. The normalized spacial score (nSPS) is 15.4. The lowest BCUT2D eigenvalue weighted by molar-refractivity contribution is 0.284. The van der Waals surface area contributed by atoms with Gasteiger partial charge in [0.05, 0.1) is 12.3 Å². The Balaban J connectivity index is 1.78. The highest BCUT2D eigenvalue weighted by molar-refractivity contribution is 5.11. The van der Waals surface area contributed by atoms with Gasteiger partial charge in [-0.2, -0.15) is 5.10 Å². The number of aromatic nitrogens is 2. The number of ether oxygens (including phenoxy) is 1. The van der Waals surface area contributed by atoms with Gasteiger partial charge in [0.1, 0.15) is 0 Å². The summed E-state index contributed by atoms with van der Waals surface area (Å²) in [6.45, 7) is 5.77. The molecule has 1 fully saturated rings. The van der Waals surface area contributed by atoms with Crippen LogP contribution < -0.4 is 10.1 Å². The Kier molecular flexibility index (Phi) is 3.72. The van der Waals surface area contributed by atoms with Crippen molar-refractivity contribution >= 4 is 0 Å². The van der Waals surface area contributed by atoms with Crippen molar-refractivity contribution in [3.05, 3.63) is 17.8 Å². The monoisotopic (exact) mass is 221 g/mol. The Labute approximate surface area is 96.4 Å². The third-order valence-corrected chi connectivity index (χ3v) is 2.55. The van der Waals surface area contributed by atoms with Crippen LogP contribution >= 0.6 is 0 Å². The molecule has 4 nitrogen and oxygen atoms in total. The molecule has 0 unspecified atom stereocenters. The van der Waals surface area contributed by atoms with E-state index in [1.807, 2.05) is 12.1 Å². The van der Waals surface area contributed by atoms with Gasteiger partial charge in [-0.25, -0.2) is 0 Å². The topological polar surface area (TPSA) is 47.0 Å². The zero-order valence-electron chi connectivity index (χ0n) is 9.94. The SMILES string of the molecule is CC(C)NCc1ccc(OCC2CC2)nn1. The zero-order valence-corrected chi connectivity index (χ0v) is 9.94. The lowest BCUT2D eigenvalue weighted by atomic mass is 10.3. The van der Waals surface area contributed by atoms with Gasteiger partial charge in [0, 0.05) is 18.7 Å². The summed E-state index contributed by atoms with van der Waals surface area (Å²) in [7, 11) is 0. The van der Waals surface area contributed by atoms with Crippen molar-refractivity contribution in [3.63, 3.8) is 0 Å². The van der Waals surface area contributed by atoms with Gasteiger partial charge in [0.15, 0.2) is 0 Å². The molecule has 0 amide bonds. The molecule has 88 valence electrons. The van der Waals surface area contributed by atoms with Crippen LogP contribution in [0.2, 0.25) is 0 Å². The molecule has 1 aromatic heterocycles. The molecule has 0 radical (unpaired) electrons. The quantitative estimate of drug-likeness (QED) is 0.795. The van der Waals surface area contributed by atoms with E-state index in [4.69, 9.17) is 4.74 Å². The van der Waals surface area contributed by atoms with Crippen LogP contribution in [0.25, 0.3) is 0 Å². The van der Waals surface area contributed by atoms with Gasteiger partial charge in [0.2, 0.25) is 5.88 Å². The molecule has 2 rings (SSSR count). The van der Waals surface area contributed by atoms with Crippen LogP contribution in [0, 0.1) is 5.92 Å². The van der Waals surface area contributed by atoms with E-state index in [2.05, 4.69) is 29.4 Å². The highest BCUT2D eigenvalue weighted by Gasteiger charge is 2.22. The third kappa shape index (κ3) is 3.77. The lowest BCUT2D eigenvalue weighted by Gasteiger charge is -2.07. The fourth-order valence-electron chi connectivity index (χ4n) is 1.32. The van der Waals surface area contributed by atoms with Gasteiger partial charge in [0.25, 0.3) is 0 Å². The number of nitrogens with one attached hydrogen (secondary N) is 1. The minimum atomic E-state index is 0.465. The smallest absolute Gasteiger partial charge is 0.233 e. The van der Waals surface area contributed by atoms with Gasteiger partial charge in [-0.3, -0.25) is 0 Å². The maximum absolute atomic E-state index is 5.52. The Hall–Kier alpha value is -1.16. The summed E-state index contributed by atoms with van der Waals surface area (Å²) in [6.07, 6.45) is 2.59. The number of rotatable bonds is 6. The molecule has 0 atom stereocenters. The molecule has 0 aliphatic heterocycles. The maximum Gasteiger partial charge on any atom is 0.233 e. The van der Waals surface area contributed by atoms with Gasteiger partial charge in [-0.1, -0.05) is 13.8 Å². The summed E-state index contributed by atoms with van der Waals surface area (Å²) in [6, 6.07) is 4.32. The van der Waals surface area contributed by atoms with E-state index >= 15 is 0 Å². The van der Waals surface area contributed by atoms with E-state index in [9.17, 15) is 0 Å². The van der Waals surface area contributed by atoms with Crippen LogP contribution in [0.15, 0.2) is 12.1 Å². The first-order chi connectivity index (χ1) is 7.74. The van der Waals surface area contributed by atoms with Crippen molar-refractivity contribution in [1.29, 1.82) is 0 Å². The van der Waals surface area contributed by atoms with Crippen molar-refractivity contribution in [2.75, 3.05) is 6.61 Å². The molecular weight excluding hydrogens is 202 g/mol. The van der Waals surface area contributed by atoms with Crippen molar-refractivity contribution in [2.45, 2.75) is 39.3 Å². The Bertz CT molecular complexity index is 295. The van der Waals surface area contributed by atoms with E-state index in [-0.39, 0.29) is 0 Å². The molecule has 4 heteroatoms. The minimum absolute atomic E-state index is 0.465. The molecule has 0 spiro atoms. The van der Waals surface area contributed by atoms with Gasteiger partial charge >= 0.3 is 0 Å². The molecule has 16 heavy (non-hydrogen) atoms. The molecule has 0 bridgehead atoms. The summed E-state index contributed by atoms with van der Waals surface area (Å²) in [4.78, 5) is 0. The second kappa shape index (κ2) is 5.25. The largest absolute Gasteiger partial charge is 0.476 e. The van der Waals surface area contributed by atoms with Gasteiger partial charge in [-0.15, -0.1) is 5.10 Å². The number of hydrogen-bond acceptors (Lipinski definition) is 4. The van der Waals surface area contributed by atoms with Crippen LogP contribution in [0.5, 0.6) is 5.88 Å². The van der Waals surface area contributed by atoms with Crippen LogP contribution in [0.4, 0.5) is 0 Å². The fraction of sp³-hybridized carbons (Fsp3) is 0.667. The van der Waals surface area contributed by atoms with Crippen LogP contribution in [-0.4, -0.2) is 22.8 Å². The van der Waals surface area contributed by atoms with Gasteiger partial charge < -0.3 is 10.1 Å². The van der Waals surface area contributed by atoms with Crippen molar-refractivity contribution in [3.8, 4) is 5.88 Å². The third-order valence-electron chi connectivity index (χ3n) is 2.55. The van der Waals surface area contributed by atoms with Crippen molar-refractivity contribution < 1.29 is 4.74 Å². The molecular formula is C12H19N3O. The lowest BCUT2D eigenvalue weighted by Crippen LogP contribution is -2.22. The van der Waals surface area contributed by atoms with E-state index in [1.54, 1.807) is 0 Å². The average molecular weight is 221 g/mol. The first-order valence-electron chi connectivity index (χ1n) is 5.93. The van der Waals surface area contributed by atoms with Crippen molar-refractivity contribution in [1.82, 2.24) is 15.5 Å². The van der Waals surface area contributed by atoms with Gasteiger partial charge in [-0.05, 0) is 24.8 Å². The molecule has 1 heterocycles. The van der Waals surface area contributed by atoms with E-state index < -0.39 is 0 Å². The Morgan fingerprint density at radius 2 is 2.19 bits per heavy atom. The number of nitrogens with zero attached hydrogens (tertiary/aromatic N) is 2. The highest BCUT2D eigenvalue weighted by atomic mass is 16.5. The number of hydrogen-bond donors (Lipinski definition) is 1. The summed E-state index contributed by atoms with van der Waals surface area (Å²) in [5, 5.41) is 11.5. The predicted octanol–water partition coefficient (Wildman–Crippen LogP) is 1.76. The second-order valence-corrected chi connectivity index (χ2v) is 4.65. The zero-order chi connectivity index (χ0) is 11.4. The van der Waals surface area contributed by atoms with E-state index in [0.29, 0.717) is 11.9 Å². The van der Waals surface area contributed by atoms with Crippen LogP contribution in [0.1, 0.15) is 32.4 Å². The average Bonchev–Trinajstić information content (AvgIpc) is 3.09. The van der Waals surface area contributed by atoms with Crippen LogP contribution in [-0.2, 0) is 6.54 Å². The molecule has 1 aliphatic rings. The summed E-state index contributed by atoms with van der Waals surface area (Å²) < 4.78 is 5.52. The molecule has 0 saturated heterocycles. The van der Waals surface area contributed by atoms with Crippen LogP contribution in [0.3, 0.4) is 0 Å². The molecule has 0 aromatic carbocycles. The minimum Gasteiger partial charge on any atom is -0.476 e. The summed E-state index contributed by atoms with van der Waals surface area (Å²) in [5.74, 6) is 1.39. The first kappa shape index (κ1) is 11.3. The molecule has 1 aromatic rings. The van der Waals surface area contributed by atoms with E-state index in [1.165, 1.54) is 12.8 Å². The standard InChI is InChI=1S/C12H19N3O/c1-9(2)13-7-11-5-6-12(15-14-11)16-8-10-3-4-10/h5-6,9-10,13H,3-4,7-8H2,1-2H3. The fourth-order valence-corrected chi connectivity index (χ4v) is 1.32. The van der Waals surface area contributed by atoms with E-state index in [0.717, 1.165) is 24.8 Å². The predicted molar refractivity (Wildman–Crippen MR) is 62.2 cm³/mol. The Morgan fingerprint density at radius 3 is 2.75 bits per heavy atom. The molecule has 1 aliphatic carbocycles. The second-order valence-electron chi connectivity index (χ2n) is 4.65. The maximum atomic E-state index is 5.52. The molecule has 1 saturated carbocycles.